The van der Waals surface area contributed by atoms with Gasteiger partial charge in [0.05, 0.1) is 6.10 Å². The third kappa shape index (κ3) is 3.42. The maximum atomic E-state index is 9.85. The SMILES string of the molecule is CNC.C[C@H]1O[C@H]1C(=O)O. The van der Waals surface area contributed by atoms with Crippen LogP contribution in [0, 0.1) is 0 Å². The first kappa shape index (κ1) is 9.39. The van der Waals surface area contributed by atoms with Crippen LogP contribution in [-0.2, 0) is 9.53 Å². The lowest BCUT2D eigenvalue weighted by molar-refractivity contribution is -0.138. The summed E-state index contributed by atoms with van der Waals surface area (Å²) in [5, 5.41) is 10.8. The molecule has 10 heavy (non-hydrogen) atoms. The number of carboxylic acids is 1. The van der Waals surface area contributed by atoms with Crippen LogP contribution >= 0.6 is 0 Å². The highest BCUT2D eigenvalue weighted by atomic mass is 16.6. The van der Waals surface area contributed by atoms with Crippen molar-refractivity contribution in [2.45, 2.75) is 19.1 Å². The molecule has 1 aliphatic heterocycles. The lowest BCUT2D eigenvalue weighted by atomic mass is 10.4. The third-order valence-electron chi connectivity index (χ3n) is 0.954. The van der Waals surface area contributed by atoms with Gasteiger partial charge in [-0.2, -0.15) is 0 Å². The minimum absolute atomic E-state index is 0.0579. The van der Waals surface area contributed by atoms with E-state index in [1.807, 2.05) is 14.1 Å². The number of carbonyl (C=O) groups is 1. The van der Waals surface area contributed by atoms with Crippen molar-refractivity contribution in [2.24, 2.45) is 0 Å². The smallest absolute Gasteiger partial charge is 0.335 e. The molecule has 0 unspecified atom stereocenters. The Balaban J connectivity index is 0.000000236. The van der Waals surface area contributed by atoms with E-state index in [1.54, 1.807) is 6.92 Å². The summed E-state index contributed by atoms with van der Waals surface area (Å²) in [5.74, 6) is -0.854. The van der Waals surface area contributed by atoms with Crippen molar-refractivity contribution < 1.29 is 14.6 Å². The molecular weight excluding hydrogens is 134 g/mol. The van der Waals surface area contributed by atoms with Crippen LogP contribution in [0.5, 0.6) is 0 Å². The zero-order valence-corrected chi connectivity index (χ0v) is 6.42. The van der Waals surface area contributed by atoms with Crippen LogP contribution in [0.4, 0.5) is 0 Å². The van der Waals surface area contributed by atoms with Gasteiger partial charge in [-0.15, -0.1) is 0 Å². The summed E-state index contributed by atoms with van der Waals surface area (Å²) in [6.07, 6.45) is -0.572. The summed E-state index contributed by atoms with van der Waals surface area (Å²) in [6, 6.07) is 0. The van der Waals surface area contributed by atoms with Crippen molar-refractivity contribution >= 4 is 5.97 Å². The van der Waals surface area contributed by atoms with Gasteiger partial charge < -0.3 is 15.2 Å². The van der Waals surface area contributed by atoms with Crippen molar-refractivity contribution in [1.82, 2.24) is 5.32 Å². The lowest BCUT2D eigenvalue weighted by Gasteiger charge is -1.74. The van der Waals surface area contributed by atoms with Gasteiger partial charge in [-0.25, -0.2) is 4.79 Å². The van der Waals surface area contributed by atoms with E-state index in [0.717, 1.165) is 0 Å². The van der Waals surface area contributed by atoms with E-state index in [4.69, 9.17) is 5.11 Å². The van der Waals surface area contributed by atoms with Gasteiger partial charge in [-0.3, -0.25) is 0 Å². The average molecular weight is 147 g/mol. The number of carboxylic acid groups (broad SMARTS) is 1. The van der Waals surface area contributed by atoms with Gasteiger partial charge in [-0.05, 0) is 21.0 Å². The number of hydrogen-bond donors (Lipinski definition) is 2. The van der Waals surface area contributed by atoms with E-state index >= 15 is 0 Å². The fourth-order valence-corrected chi connectivity index (χ4v) is 0.445. The molecule has 0 aliphatic carbocycles. The molecule has 0 radical (unpaired) electrons. The average Bonchev–Trinajstić information content (AvgIpc) is 2.48. The molecule has 0 aromatic carbocycles. The van der Waals surface area contributed by atoms with Crippen molar-refractivity contribution in [3.63, 3.8) is 0 Å². The lowest BCUT2D eigenvalue weighted by Crippen LogP contribution is -2.05. The van der Waals surface area contributed by atoms with E-state index < -0.39 is 12.1 Å². The summed E-state index contributed by atoms with van der Waals surface area (Å²) in [6.45, 7) is 1.73. The predicted octanol–water partition coefficient (Wildman–Crippen LogP) is -0.306. The fraction of sp³-hybridized carbons (Fsp3) is 0.833. The summed E-state index contributed by atoms with van der Waals surface area (Å²) >= 11 is 0. The second-order valence-corrected chi connectivity index (χ2v) is 2.10. The largest absolute Gasteiger partial charge is 0.479 e. The molecule has 1 heterocycles. The quantitative estimate of drug-likeness (QED) is 0.499. The van der Waals surface area contributed by atoms with Crippen LogP contribution < -0.4 is 5.32 Å². The molecule has 0 spiro atoms. The Kier molecular flexibility index (Phi) is 3.99. The molecule has 0 aromatic heterocycles. The van der Waals surface area contributed by atoms with Gasteiger partial charge in [0.2, 0.25) is 0 Å². The number of rotatable bonds is 1. The maximum absolute atomic E-state index is 9.85. The van der Waals surface area contributed by atoms with Gasteiger partial charge in [0.15, 0.2) is 6.10 Å². The van der Waals surface area contributed by atoms with E-state index in [9.17, 15) is 4.79 Å². The molecule has 1 rings (SSSR count). The summed E-state index contributed by atoms with van der Waals surface area (Å²) in [7, 11) is 3.75. The molecule has 0 saturated carbocycles. The van der Waals surface area contributed by atoms with Gasteiger partial charge in [-0.1, -0.05) is 0 Å². The second kappa shape index (κ2) is 4.24. The Morgan fingerprint density at radius 3 is 1.90 bits per heavy atom. The summed E-state index contributed by atoms with van der Waals surface area (Å²) < 4.78 is 4.58. The highest BCUT2D eigenvalue weighted by Crippen LogP contribution is 2.20. The van der Waals surface area contributed by atoms with E-state index in [2.05, 4.69) is 10.1 Å². The Hall–Kier alpha value is -0.610. The molecule has 2 N–H and O–H groups in total. The van der Waals surface area contributed by atoms with Crippen LogP contribution in [0.3, 0.4) is 0 Å². The first-order chi connectivity index (χ1) is 4.63. The molecule has 0 amide bonds. The van der Waals surface area contributed by atoms with Gasteiger partial charge >= 0.3 is 5.97 Å². The fourth-order valence-electron chi connectivity index (χ4n) is 0.445. The topological polar surface area (TPSA) is 61.9 Å². The molecular formula is C6H13NO3. The van der Waals surface area contributed by atoms with Gasteiger partial charge in [0.25, 0.3) is 0 Å². The Morgan fingerprint density at radius 1 is 1.60 bits per heavy atom. The van der Waals surface area contributed by atoms with E-state index in [1.165, 1.54) is 0 Å². The highest BCUT2D eigenvalue weighted by molar-refractivity contribution is 5.75. The van der Waals surface area contributed by atoms with Gasteiger partial charge in [0, 0.05) is 0 Å². The Bertz CT molecular complexity index is 116. The molecule has 60 valence electrons. The van der Waals surface area contributed by atoms with Crippen LogP contribution in [0.2, 0.25) is 0 Å². The number of aliphatic carboxylic acids is 1. The number of epoxide rings is 1. The Morgan fingerprint density at radius 2 is 1.90 bits per heavy atom. The molecule has 0 bridgehead atoms. The standard InChI is InChI=1S/C4H6O3.C2H7N/c1-2-3(7-2)4(5)6;1-3-2/h2-3H,1H3,(H,5,6);3H,1-2H3/t2-,3-;/m1./s1. The molecule has 2 atom stereocenters. The van der Waals surface area contributed by atoms with Gasteiger partial charge in [0.1, 0.15) is 0 Å². The predicted molar refractivity (Wildman–Crippen MR) is 37.0 cm³/mol. The first-order valence-electron chi connectivity index (χ1n) is 3.10. The number of nitrogens with one attached hydrogen (secondary N) is 1. The second-order valence-electron chi connectivity index (χ2n) is 2.10. The molecule has 4 nitrogen and oxygen atoms in total. The molecule has 1 saturated heterocycles. The Labute approximate surface area is 60.2 Å². The molecule has 0 aromatic rings. The number of ether oxygens (including phenoxy) is 1. The number of hydrogen-bond acceptors (Lipinski definition) is 3. The monoisotopic (exact) mass is 147 g/mol. The molecule has 1 aliphatic rings. The minimum atomic E-state index is -0.854. The van der Waals surface area contributed by atoms with E-state index in [-0.39, 0.29) is 6.10 Å². The normalized spacial score (nSPS) is 28.3. The first-order valence-corrected chi connectivity index (χ1v) is 3.10. The third-order valence-corrected chi connectivity index (χ3v) is 0.954. The summed E-state index contributed by atoms with van der Waals surface area (Å²) in [5.41, 5.74) is 0. The summed E-state index contributed by atoms with van der Waals surface area (Å²) in [4.78, 5) is 9.85. The minimum Gasteiger partial charge on any atom is -0.479 e. The maximum Gasteiger partial charge on any atom is 0.335 e. The van der Waals surface area contributed by atoms with Crippen LogP contribution in [-0.4, -0.2) is 37.4 Å². The molecule has 4 heteroatoms. The van der Waals surface area contributed by atoms with Crippen molar-refractivity contribution in [3.8, 4) is 0 Å². The highest BCUT2D eigenvalue weighted by Gasteiger charge is 2.40. The van der Waals surface area contributed by atoms with Crippen molar-refractivity contribution in [2.75, 3.05) is 14.1 Å². The zero-order valence-electron chi connectivity index (χ0n) is 6.42. The van der Waals surface area contributed by atoms with Crippen LogP contribution in [0.25, 0.3) is 0 Å². The molecule has 1 fully saturated rings. The van der Waals surface area contributed by atoms with Crippen molar-refractivity contribution in [3.05, 3.63) is 0 Å². The van der Waals surface area contributed by atoms with Crippen LogP contribution in [0.1, 0.15) is 6.92 Å². The van der Waals surface area contributed by atoms with Crippen molar-refractivity contribution in [1.29, 1.82) is 0 Å². The van der Waals surface area contributed by atoms with Crippen LogP contribution in [0.15, 0.2) is 0 Å². The zero-order chi connectivity index (χ0) is 8.15. The van der Waals surface area contributed by atoms with E-state index in [0.29, 0.717) is 0 Å².